The first-order valence-corrected chi connectivity index (χ1v) is 8.99. The molecule has 2 aromatic heterocycles. The second-order valence-corrected chi connectivity index (χ2v) is 6.96. The zero-order valence-corrected chi connectivity index (χ0v) is 13.9. The number of rotatable bonds is 3. The third-order valence-electron chi connectivity index (χ3n) is 4.25. The Morgan fingerprint density at radius 2 is 2.00 bits per heavy atom. The van der Waals surface area contributed by atoms with Crippen molar-refractivity contribution in [2.75, 3.05) is 18.8 Å². The van der Waals surface area contributed by atoms with Gasteiger partial charge in [-0.15, -0.1) is 11.3 Å². The Kier molecular flexibility index (Phi) is 4.62. The first kappa shape index (κ1) is 15.3. The third-order valence-corrected chi connectivity index (χ3v) is 5.35. The minimum absolute atomic E-state index is 0.0828. The molecular weight excluding hydrogens is 294 g/mol. The molecule has 0 atom stereocenters. The number of nitrogens with two attached hydrogens (primary N) is 1. The monoisotopic (exact) mass is 317 g/mol. The Labute approximate surface area is 135 Å². The predicted molar refractivity (Wildman–Crippen MR) is 92.4 cm³/mol. The number of pyridine rings is 1. The first-order valence-electron chi connectivity index (χ1n) is 8.18. The number of thiophene rings is 1. The van der Waals surface area contributed by atoms with E-state index in [4.69, 9.17) is 5.73 Å². The highest BCUT2D eigenvalue weighted by molar-refractivity contribution is 7.21. The molecule has 1 saturated heterocycles. The van der Waals surface area contributed by atoms with E-state index in [2.05, 4.69) is 11.9 Å². The maximum Gasteiger partial charge on any atom is 0.266 e. The summed E-state index contributed by atoms with van der Waals surface area (Å²) in [5.41, 5.74) is 7.91. The van der Waals surface area contributed by atoms with E-state index in [1.807, 2.05) is 17.0 Å². The van der Waals surface area contributed by atoms with Gasteiger partial charge >= 0.3 is 0 Å². The van der Waals surface area contributed by atoms with Crippen molar-refractivity contribution in [3.05, 3.63) is 22.7 Å². The largest absolute Gasteiger partial charge is 0.397 e. The number of aromatic nitrogens is 1. The molecule has 1 amide bonds. The van der Waals surface area contributed by atoms with Gasteiger partial charge in [0.05, 0.1) is 5.69 Å². The van der Waals surface area contributed by atoms with E-state index in [0.29, 0.717) is 10.6 Å². The molecule has 5 heteroatoms. The van der Waals surface area contributed by atoms with Crippen molar-refractivity contribution < 1.29 is 4.79 Å². The van der Waals surface area contributed by atoms with Gasteiger partial charge in [-0.1, -0.05) is 26.2 Å². The molecule has 3 heterocycles. The van der Waals surface area contributed by atoms with Gasteiger partial charge in [0, 0.05) is 24.2 Å². The minimum Gasteiger partial charge on any atom is -0.397 e. The first-order chi connectivity index (χ1) is 10.7. The number of amides is 1. The lowest BCUT2D eigenvalue weighted by atomic mass is 10.2. The van der Waals surface area contributed by atoms with Crippen LogP contribution < -0.4 is 5.73 Å². The van der Waals surface area contributed by atoms with Gasteiger partial charge in [0.15, 0.2) is 0 Å². The molecule has 0 unspecified atom stereocenters. The van der Waals surface area contributed by atoms with Crippen LogP contribution >= 0.6 is 11.3 Å². The summed E-state index contributed by atoms with van der Waals surface area (Å²) in [5, 5.41) is 0.919. The number of nitrogens with zero attached hydrogens (tertiary/aromatic N) is 2. The van der Waals surface area contributed by atoms with Crippen molar-refractivity contribution in [2.45, 2.75) is 45.4 Å². The van der Waals surface area contributed by atoms with Crippen LogP contribution in [-0.2, 0) is 6.42 Å². The number of hydrogen-bond donors (Lipinski definition) is 1. The van der Waals surface area contributed by atoms with Crippen LogP contribution in [0.25, 0.3) is 10.2 Å². The summed E-state index contributed by atoms with van der Waals surface area (Å²) in [4.78, 5) is 21.0. The van der Waals surface area contributed by atoms with E-state index in [1.54, 1.807) is 0 Å². The number of nitrogen functional groups attached to an aromatic ring is 1. The van der Waals surface area contributed by atoms with Gasteiger partial charge < -0.3 is 10.6 Å². The van der Waals surface area contributed by atoms with Crippen LogP contribution in [0.4, 0.5) is 5.69 Å². The second-order valence-electron chi connectivity index (χ2n) is 5.96. The summed E-state index contributed by atoms with van der Waals surface area (Å²) in [7, 11) is 0. The fraction of sp³-hybridized carbons (Fsp3) is 0.529. The van der Waals surface area contributed by atoms with Crippen molar-refractivity contribution in [1.29, 1.82) is 0 Å². The Bertz CT molecular complexity index is 672. The number of anilines is 1. The highest BCUT2D eigenvalue weighted by Gasteiger charge is 2.23. The van der Waals surface area contributed by atoms with Crippen LogP contribution in [0.3, 0.4) is 0 Å². The smallest absolute Gasteiger partial charge is 0.266 e. The molecule has 2 aromatic rings. The van der Waals surface area contributed by atoms with Crippen LogP contribution in [0.2, 0.25) is 0 Å². The topological polar surface area (TPSA) is 59.2 Å². The highest BCUT2D eigenvalue weighted by atomic mass is 32.1. The molecule has 118 valence electrons. The number of carbonyl (C=O) groups is 1. The van der Waals surface area contributed by atoms with Crippen molar-refractivity contribution in [3.63, 3.8) is 0 Å². The van der Waals surface area contributed by atoms with Crippen LogP contribution in [0.5, 0.6) is 0 Å². The molecule has 0 spiro atoms. The molecule has 0 aromatic carbocycles. The Morgan fingerprint density at radius 1 is 1.27 bits per heavy atom. The van der Waals surface area contributed by atoms with E-state index < -0.39 is 0 Å². The fourth-order valence-corrected chi connectivity index (χ4v) is 4.09. The summed E-state index contributed by atoms with van der Waals surface area (Å²) in [6.07, 6.45) is 6.65. The quantitative estimate of drug-likeness (QED) is 0.935. The number of aryl methyl sites for hydroxylation is 1. The summed E-state index contributed by atoms with van der Waals surface area (Å²) >= 11 is 1.45. The molecule has 1 aliphatic heterocycles. The Morgan fingerprint density at radius 3 is 2.68 bits per heavy atom. The maximum absolute atomic E-state index is 12.8. The average molecular weight is 317 g/mol. The van der Waals surface area contributed by atoms with Gasteiger partial charge in [0.1, 0.15) is 9.71 Å². The van der Waals surface area contributed by atoms with Gasteiger partial charge in [-0.2, -0.15) is 0 Å². The molecule has 3 rings (SSSR count). The summed E-state index contributed by atoms with van der Waals surface area (Å²) in [6.45, 7) is 3.84. The number of hydrogen-bond acceptors (Lipinski definition) is 4. The van der Waals surface area contributed by atoms with E-state index >= 15 is 0 Å². The lowest BCUT2D eigenvalue weighted by Gasteiger charge is -2.19. The van der Waals surface area contributed by atoms with Crippen LogP contribution in [-0.4, -0.2) is 28.9 Å². The summed E-state index contributed by atoms with van der Waals surface area (Å²) in [6, 6.07) is 4.04. The SMILES string of the molecule is CCCc1ccc2c(N)c(C(=O)N3CCCCCC3)sc2n1. The molecule has 0 saturated carbocycles. The Hall–Kier alpha value is -1.62. The van der Waals surface area contributed by atoms with Gasteiger partial charge in [-0.25, -0.2) is 4.98 Å². The highest BCUT2D eigenvalue weighted by Crippen LogP contribution is 2.34. The van der Waals surface area contributed by atoms with Gasteiger partial charge in [0.25, 0.3) is 5.91 Å². The average Bonchev–Trinajstić information content (AvgIpc) is 2.70. The van der Waals surface area contributed by atoms with E-state index in [1.165, 1.54) is 24.2 Å². The third kappa shape index (κ3) is 2.95. The molecular formula is C17H23N3OS. The van der Waals surface area contributed by atoms with Crippen LogP contribution in [0, 0.1) is 0 Å². The van der Waals surface area contributed by atoms with Crippen molar-refractivity contribution >= 4 is 33.1 Å². The summed E-state index contributed by atoms with van der Waals surface area (Å²) < 4.78 is 0. The lowest BCUT2D eigenvalue weighted by molar-refractivity contribution is 0.0767. The number of likely N-dealkylation sites (tertiary alicyclic amines) is 1. The molecule has 22 heavy (non-hydrogen) atoms. The fourth-order valence-electron chi connectivity index (χ4n) is 3.01. The van der Waals surface area contributed by atoms with Crippen LogP contribution in [0.1, 0.15) is 54.4 Å². The van der Waals surface area contributed by atoms with Crippen molar-refractivity contribution in [3.8, 4) is 0 Å². The summed E-state index contributed by atoms with van der Waals surface area (Å²) in [5.74, 6) is 0.0828. The zero-order chi connectivity index (χ0) is 15.5. The molecule has 0 bridgehead atoms. The molecule has 1 fully saturated rings. The van der Waals surface area contributed by atoms with Crippen molar-refractivity contribution in [1.82, 2.24) is 9.88 Å². The standard InChI is InChI=1S/C17H23N3OS/c1-2-7-12-8-9-13-14(18)15(22-16(13)19-12)17(21)20-10-5-3-4-6-11-20/h8-9H,2-7,10-11,18H2,1H3. The van der Waals surface area contributed by atoms with Gasteiger partial charge in [0.2, 0.25) is 0 Å². The number of carbonyl (C=O) groups excluding carboxylic acids is 1. The normalized spacial score (nSPS) is 16.0. The maximum atomic E-state index is 12.8. The Balaban J connectivity index is 1.92. The van der Waals surface area contributed by atoms with E-state index in [-0.39, 0.29) is 5.91 Å². The number of fused-ring (bicyclic) bond motifs is 1. The van der Waals surface area contributed by atoms with E-state index in [0.717, 1.165) is 54.7 Å². The van der Waals surface area contributed by atoms with Crippen LogP contribution in [0.15, 0.2) is 12.1 Å². The molecule has 2 N–H and O–H groups in total. The van der Waals surface area contributed by atoms with Gasteiger partial charge in [-0.05, 0) is 31.4 Å². The molecule has 4 nitrogen and oxygen atoms in total. The molecule has 0 aliphatic carbocycles. The van der Waals surface area contributed by atoms with E-state index in [9.17, 15) is 4.79 Å². The minimum atomic E-state index is 0.0828. The predicted octanol–water partition coefficient (Wildman–Crippen LogP) is 3.85. The lowest BCUT2D eigenvalue weighted by Crippen LogP contribution is -2.31. The van der Waals surface area contributed by atoms with Crippen molar-refractivity contribution in [2.24, 2.45) is 0 Å². The van der Waals surface area contributed by atoms with Gasteiger partial charge in [-0.3, -0.25) is 4.79 Å². The zero-order valence-electron chi connectivity index (χ0n) is 13.1. The molecule has 1 aliphatic rings. The second kappa shape index (κ2) is 6.65. The molecule has 0 radical (unpaired) electrons.